The lowest BCUT2D eigenvalue weighted by molar-refractivity contribution is -0.136. The van der Waals surface area contributed by atoms with Gasteiger partial charge in [-0.3, -0.25) is 9.69 Å². The normalized spacial score (nSPS) is 20.9. The zero-order chi connectivity index (χ0) is 14.0. The summed E-state index contributed by atoms with van der Waals surface area (Å²) in [6.07, 6.45) is 0.0202. The standard InChI is InChI=1S/C13H20N2O3S/c1-8(2)15-4-5-18-10(7-15)13-14-9(3)11(19-13)6-12(16)17/h8,10H,4-7H2,1-3H3,(H,16,17). The Kier molecular flexibility index (Phi) is 4.54. The highest BCUT2D eigenvalue weighted by Crippen LogP contribution is 2.29. The molecule has 1 unspecified atom stereocenters. The van der Waals surface area contributed by atoms with Crippen LogP contribution >= 0.6 is 11.3 Å². The molecule has 2 rings (SSSR count). The van der Waals surface area contributed by atoms with E-state index in [0.717, 1.165) is 28.7 Å². The van der Waals surface area contributed by atoms with E-state index in [1.54, 1.807) is 0 Å². The molecule has 1 aromatic heterocycles. The molecular weight excluding hydrogens is 264 g/mol. The number of carboxylic acids is 1. The maximum Gasteiger partial charge on any atom is 0.308 e. The summed E-state index contributed by atoms with van der Waals surface area (Å²) in [4.78, 5) is 18.5. The van der Waals surface area contributed by atoms with Gasteiger partial charge in [-0.15, -0.1) is 11.3 Å². The second-order valence-corrected chi connectivity index (χ2v) is 6.19. The van der Waals surface area contributed by atoms with Crippen LogP contribution in [-0.4, -0.2) is 46.7 Å². The van der Waals surface area contributed by atoms with Crippen LogP contribution < -0.4 is 0 Å². The van der Waals surface area contributed by atoms with E-state index in [9.17, 15) is 4.79 Å². The van der Waals surface area contributed by atoms with Gasteiger partial charge >= 0.3 is 5.97 Å². The summed E-state index contributed by atoms with van der Waals surface area (Å²) in [5.41, 5.74) is 0.813. The molecule has 0 saturated carbocycles. The Morgan fingerprint density at radius 3 is 3.00 bits per heavy atom. The summed E-state index contributed by atoms with van der Waals surface area (Å²) in [6, 6.07) is 0.492. The van der Waals surface area contributed by atoms with Gasteiger partial charge in [0.25, 0.3) is 0 Å². The van der Waals surface area contributed by atoms with Crippen LogP contribution in [0.25, 0.3) is 0 Å². The van der Waals surface area contributed by atoms with Gasteiger partial charge in [0.2, 0.25) is 0 Å². The first kappa shape index (κ1) is 14.4. The van der Waals surface area contributed by atoms with Crippen molar-refractivity contribution in [3.63, 3.8) is 0 Å². The Morgan fingerprint density at radius 2 is 2.37 bits per heavy atom. The fourth-order valence-electron chi connectivity index (χ4n) is 2.18. The Morgan fingerprint density at radius 1 is 1.63 bits per heavy atom. The van der Waals surface area contributed by atoms with E-state index < -0.39 is 5.97 Å². The number of rotatable bonds is 4. The predicted octanol–water partition coefficient (Wildman–Crippen LogP) is 1.86. The number of ether oxygens (including phenoxy) is 1. The Bertz CT molecular complexity index is 459. The van der Waals surface area contributed by atoms with Crippen molar-refractivity contribution in [3.05, 3.63) is 15.6 Å². The molecule has 0 amide bonds. The molecule has 6 heteroatoms. The van der Waals surface area contributed by atoms with E-state index in [1.807, 2.05) is 6.92 Å². The van der Waals surface area contributed by atoms with Crippen LogP contribution in [0.15, 0.2) is 0 Å². The molecule has 19 heavy (non-hydrogen) atoms. The molecular formula is C13H20N2O3S. The van der Waals surface area contributed by atoms with Crippen molar-refractivity contribution in [2.45, 2.75) is 39.3 Å². The number of aryl methyl sites for hydroxylation is 1. The minimum absolute atomic E-state index is 0.0256. The van der Waals surface area contributed by atoms with Crippen molar-refractivity contribution >= 4 is 17.3 Å². The summed E-state index contributed by atoms with van der Waals surface area (Å²) in [6.45, 7) is 8.69. The molecule has 5 nitrogen and oxygen atoms in total. The zero-order valence-electron chi connectivity index (χ0n) is 11.5. The monoisotopic (exact) mass is 284 g/mol. The second-order valence-electron chi connectivity index (χ2n) is 5.08. The minimum Gasteiger partial charge on any atom is -0.481 e. The van der Waals surface area contributed by atoms with E-state index in [0.29, 0.717) is 12.6 Å². The summed E-state index contributed by atoms with van der Waals surface area (Å²) in [5.74, 6) is -0.813. The van der Waals surface area contributed by atoms with Crippen molar-refractivity contribution in [1.82, 2.24) is 9.88 Å². The van der Waals surface area contributed by atoms with E-state index in [4.69, 9.17) is 9.84 Å². The molecule has 2 heterocycles. The summed E-state index contributed by atoms with van der Waals surface area (Å²) < 4.78 is 5.78. The Hall–Kier alpha value is -0.980. The second kappa shape index (κ2) is 5.98. The van der Waals surface area contributed by atoms with Crippen LogP contribution in [0.4, 0.5) is 0 Å². The van der Waals surface area contributed by atoms with E-state index in [1.165, 1.54) is 11.3 Å². The highest BCUT2D eigenvalue weighted by molar-refractivity contribution is 7.11. The molecule has 1 saturated heterocycles. The largest absolute Gasteiger partial charge is 0.481 e. The van der Waals surface area contributed by atoms with E-state index in [-0.39, 0.29) is 12.5 Å². The van der Waals surface area contributed by atoms with Crippen LogP contribution in [0.2, 0.25) is 0 Å². The maximum absolute atomic E-state index is 10.8. The third kappa shape index (κ3) is 3.52. The topological polar surface area (TPSA) is 62.7 Å². The van der Waals surface area contributed by atoms with Crippen LogP contribution in [-0.2, 0) is 16.0 Å². The number of carboxylic acid groups (broad SMARTS) is 1. The molecule has 1 fully saturated rings. The number of aliphatic carboxylic acids is 1. The Balaban J connectivity index is 2.11. The van der Waals surface area contributed by atoms with Gasteiger partial charge < -0.3 is 9.84 Å². The fourth-order valence-corrected chi connectivity index (χ4v) is 3.28. The number of carbonyl (C=O) groups is 1. The lowest BCUT2D eigenvalue weighted by Gasteiger charge is -2.34. The van der Waals surface area contributed by atoms with Crippen LogP contribution in [0.5, 0.6) is 0 Å². The van der Waals surface area contributed by atoms with Crippen molar-refractivity contribution in [3.8, 4) is 0 Å². The molecule has 0 spiro atoms. The van der Waals surface area contributed by atoms with Gasteiger partial charge in [0, 0.05) is 24.0 Å². The van der Waals surface area contributed by atoms with Crippen molar-refractivity contribution < 1.29 is 14.6 Å². The van der Waals surface area contributed by atoms with E-state index in [2.05, 4.69) is 23.7 Å². The van der Waals surface area contributed by atoms with Gasteiger partial charge in [0.15, 0.2) is 0 Å². The number of thiazole rings is 1. The first-order valence-corrected chi connectivity index (χ1v) is 7.32. The maximum atomic E-state index is 10.8. The van der Waals surface area contributed by atoms with E-state index >= 15 is 0 Å². The smallest absolute Gasteiger partial charge is 0.308 e. The third-order valence-electron chi connectivity index (χ3n) is 3.32. The van der Waals surface area contributed by atoms with Crippen molar-refractivity contribution in [2.75, 3.05) is 19.7 Å². The molecule has 0 aromatic carbocycles. The van der Waals surface area contributed by atoms with Gasteiger partial charge in [0.1, 0.15) is 11.1 Å². The lowest BCUT2D eigenvalue weighted by atomic mass is 10.2. The van der Waals surface area contributed by atoms with Crippen LogP contribution in [0.3, 0.4) is 0 Å². The Labute approximate surface area is 117 Å². The minimum atomic E-state index is -0.813. The first-order valence-electron chi connectivity index (χ1n) is 6.51. The lowest BCUT2D eigenvalue weighted by Crippen LogP contribution is -2.42. The molecule has 1 aliphatic rings. The van der Waals surface area contributed by atoms with Gasteiger partial charge in [-0.2, -0.15) is 0 Å². The highest BCUT2D eigenvalue weighted by Gasteiger charge is 2.26. The molecule has 0 radical (unpaired) electrons. The highest BCUT2D eigenvalue weighted by atomic mass is 32.1. The quantitative estimate of drug-likeness (QED) is 0.914. The number of hydrogen-bond acceptors (Lipinski definition) is 5. The summed E-state index contributed by atoms with van der Waals surface area (Å²) in [7, 11) is 0. The van der Waals surface area contributed by atoms with Gasteiger partial charge in [-0.05, 0) is 20.8 Å². The SMILES string of the molecule is Cc1nc(C2CN(C(C)C)CCO2)sc1CC(=O)O. The zero-order valence-corrected chi connectivity index (χ0v) is 12.4. The predicted molar refractivity (Wildman–Crippen MR) is 73.6 cm³/mol. The van der Waals surface area contributed by atoms with Crippen molar-refractivity contribution in [1.29, 1.82) is 0 Å². The van der Waals surface area contributed by atoms with Gasteiger partial charge in [-0.1, -0.05) is 0 Å². The molecule has 1 aliphatic heterocycles. The average Bonchev–Trinajstić information content (AvgIpc) is 2.70. The average molecular weight is 284 g/mol. The van der Waals surface area contributed by atoms with Gasteiger partial charge in [-0.25, -0.2) is 4.98 Å². The third-order valence-corrected chi connectivity index (χ3v) is 4.57. The summed E-state index contributed by atoms with van der Waals surface area (Å²) in [5, 5.41) is 9.77. The van der Waals surface area contributed by atoms with Gasteiger partial charge in [0.05, 0.1) is 18.7 Å². The molecule has 0 bridgehead atoms. The molecule has 1 atom stereocenters. The van der Waals surface area contributed by atoms with Crippen molar-refractivity contribution in [2.24, 2.45) is 0 Å². The molecule has 106 valence electrons. The number of nitrogens with zero attached hydrogens (tertiary/aromatic N) is 2. The number of hydrogen-bond donors (Lipinski definition) is 1. The first-order chi connectivity index (χ1) is 8.97. The fraction of sp³-hybridized carbons (Fsp3) is 0.692. The number of morpholine rings is 1. The molecule has 0 aliphatic carbocycles. The molecule has 1 aromatic rings. The van der Waals surface area contributed by atoms with Crippen LogP contribution in [0, 0.1) is 6.92 Å². The van der Waals surface area contributed by atoms with Crippen LogP contribution in [0.1, 0.15) is 35.5 Å². The number of aromatic nitrogens is 1. The summed E-state index contributed by atoms with van der Waals surface area (Å²) >= 11 is 1.46. The molecule has 1 N–H and O–H groups in total.